The van der Waals surface area contributed by atoms with Gasteiger partial charge in [-0.25, -0.2) is 0 Å². The molecule has 0 aromatic carbocycles. The van der Waals surface area contributed by atoms with Gasteiger partial charge in [-0.05, 0) is 184 Å². The summed E-state index contributed by atoms with van der Waals surface area (Å²) in [6.45, 7) is 17.8. The Morgan fingerprint density at radius 2 is 0.743 bits per heavy atom. The zero-order valence-electron chi connectivity index (χ0n) is 47.3. The Balaban J connectivity index is 4.24. The molecule has 412 valence electrons. The molecule has 0 aliphatic carbocycles. The number of rotatable bonds is 56. The molecule has 70 heavy (non-hydrogen) atoms. The van der Waals surface area contributed by atoms with Crippen molar-refractivity contribution in [3.63, 3.8) is 0 Å². The van der Waals surface area contributed by atoms with Gasteiger partial charge in [0, 0.05) is 13.0 Å². The second kappa shape index (κ2) is 51.8. The molecule has 9 N–H and O–H groups in total. The SMILES string of the molecule is CB(O)N(C)CCCN(CCCCNCC(CCCCCCNC(=O)CCCCCCCCCCCCCCCCCCCCCCCN)CNCCCCN(CCCN(C)B(C)O)B(C)O)B(C)O. The number of carbonyl (C=O) groups is 1. The summed E-state index contributed by atoms with van der Waals surface area (Å²) in [4.78, 5) is 20.6. The summed E-state index contributed by atoms with van der Waals surface area (Å²) >= 11 is 0. The monoisotopic (exact) mass is 991 g/mol. The first-order valence-corrected chi connectivity index (χ1v) is 29.9. The normalized spacial score (nSPS) is 11.9. The van der Waals surface area contributed by atoms with Gasteiger partial charge in [0.1, 0.15) is 0 Å². The van der Waals surface area contributed by atoms with Crippen molar-refractivity contribution in [1.29, 1.82) is 0 Å². The molecule has 0 unspecified atom stereocenters. The first-order chi connectivity index (χ1) is 33.9. The van der Waals surface area contributed by atoms with Crippen LogP contribution in [0.3, 0.4) is 0 Å². The third-order valence-electron chi connectivity index (χ3n) is 14.7. The molecule has 1 amide bonds. The predicted octanol–water partition coefficient (Wildman–Crippen LogP) is 8.64. The molecular formula is C53H118B4N8O5. The van der Waals surface area contributed by atoms with Crippen molar-refractivity contribution in [3.05, 3.63) is 0 Å². The number of unbranched alkanes of at least 4 members (excludes halogenated alkanes) is 25. The van der Waals surface area contributed by atoms with Gasteiger partial charge in [0.25, 0.3) is 0 Å². The van der Waals surface area contributed by atoms with E-state index in [1.165, 1.54) is 148 Å². The van der Waals surface area contributed by atoms with Gasteiger partial charge >= 0.3 is 28.2 Å². The highest BCUT2D eigenvalue weighted by atomic mass is 16.2. The molecular weight excluding hydrogens is 872 g/mol. The van der Waals surface area contributed by atoms with Crippen LogP contribution in [0.1, 0.15) is 212 Å². The van der Waals surface area contributed by atoms with Crippen molar-refractivity contribution in [3.8, 4) is 0 Å². The van der Waals surface area contributed by atoms with Crippen LogP contribution in [0.25, 0.3) is 0 Å². The van der Waals surface area contributed by atoms with Crippen molar-refractivity contribution in [1.82, 2.24) is 35.2 Å². The van der Waals surface area contributed by atoms with Crippen molar-refractivity contribution in [2.75, 3.05) is 92.6 Å². The number of nitrogens with one attached hydrogen (secondary N) is 3. The smallest absolute Gasteiger partial charge is 0.376 e. The Morgan fingerprint density at radius 1 is 0.414 bits per heavy atom. The number of nitrogens with zero attached hydrogens (tertiary/aromatic N) is 4. The van der Waals surface area contributed by atoms with E-state index in [0.29, 0.717) is 12.3 Å². The van der Waals surface area contributed by atoms with Crippen LogP contribution in [0.2, 0.25) is 27.3 Å². The summed E-state index contributed by atoms with van der Waals surface area (Å²) < 4.78 is 0. The van der Waals surface area contributed by atoms with E-state index in [0.717, 1.165) is 136 Å². The molecule has 0 spiro atoms. The average Bonchev–Trinajstić information content (AvgIpc) is 3.32. The highest BCUT2D eigenvalue weighted by molar-refractivity contribution is 6.46. The Hall–Kier alpha value is -0.710. The molecule has 0 heterocycles. The second-order valence-electron chi connectivity index (χ2n) is 21.5. The molecule has 0 aliphatic heterocycles. The lowest BCUT2D eigenvalue weighted by molar-refractivity contribution is -0.121. The molecule has 0 fully saturated rings. The molecule has 0 atom stereocenters. The molecule has 0 radical (unpaired) electrons. The van der Waals surface area contributed by atoms with E-state index in [4.69, 9.17) is 5.73 Å². The maximum Gasteiger partial charge on any atom is 0.376 e. The van der Waals surface area contributed by atoms with Crippen LogP contribution in [-0.2, 0) is 4.79 Å². The molecule has 0 rings (SSSR count). The van der Waals surface area contributed by atoms with Gasteiger partial charge in [0.2, 0.25) is 5.91 Å². The maximum atomic E-state index is 12.5. The highest BCUT2D eigenvalue weighted by Crippen LogP contribution is 2.16. The topological polar surface area (TPSA) is 173 Å². The first-order valence-electron chi connectivity index (χ1n) is 29.9. The molecule has 0 bridgehead atoms. The molecule has 0 aliphatic rings. The Morgan fingerprint density at radius 3 is 1.11 bits per heavy atom. The van der Waals surface area contributed by atoms with E-state index < -0.39 is 28.2 Å². The summed E-state index contributed by atoms with van der Waals surface area (Å²) in [5, 5.41) is 50.8. The van der Waals surface area contributed by atoms with Crippen LogP contribution in [0, 0.1) is 5.92 Å². The zero-order chi connectivity index (χ0) is 51.7. The van der Waals surface area contributed by atoms with Crippen molar-refractivity contribution in [2.24, 2.45) is 11.7 Å². The van der Waals surface area contributed by atoms with Gasteiger partial charge in [0.15, 0.2) is 0 Å². The molecule has 13 nitrogen and oxygen atoms in total. The lowest BCUT2D eigenvalue weighted by Crippen LogP contribution is -2.41. The number of hydrogen-bond acceptors (Lipinski definition) is 12. The standard InChI is InChI=1S/C53H118B4N8O5/c1-54(67)62(5)44-36-48-64(56(3)69)46-34-32-41-59-50-52(51-60-42-33-35-47-65(57(4)70)49-37-45-63(6)55(2)68)38-28-25-27-31-43-61-53(66)39-29-24-22-20-18-16-14-12-10-8-7-9-11-13-15-17-19-21-23-26-30-40-58/h52,59-60,67-70H,7-51,58H2,1-6H3,(H,61,66). The summed E-state index contributed by atoms with van der Waals surface area (Å²) in [7, 11) is 2.00. The third kappa shape index (κ3) is 47.0. The Kier molecular flexibility index (Phi) is 51.2. The fraction of sp³-hybridized carbons (Fsp3) is 0.981. The molecule has 17 heteroatoms. The van der Waals surface area contributed by atoms with Gasteiger partial charge in [0.05, 0.1) is 0 Å². The number of hydrogen-bond donors (Lipinski definition) is 8. The predicted molar refractivity (Wildman–Crippen MR) is 307 cm³/mol. The second-order valence-corrected chi connectivity index (χ2v) is 21.5. The van der Waals surface area contributed by atoms with Crippen LogP contribution in [0.15, 0.2) is 0 Å². The van der Waals surface area contributed by atoms with Crippen LogP contribution in [0.4, 0.5) is 0 Å². The minimum absolute atomic E-state index is 0.222. The van der Waals surface area contributed by atoms with E-state index in [9.17, 15) is 24.9 Å². The summed E-state index contributed by atoms with van der Waals surface area (Å²) in [5.41, 5.74) is 5.57. The van der Waals surface area contributed by atoms with Crippen LogP contribution >= 0.6 is 0 Å². The third-order valence-corrected chi connectivity index (χ3v) is 14.7. The quantitative estimate of drug-likeness (QED) is 0.0216. The van der Waals surface area contributed by atoms with Crippen molar-refractivity contribution in [2.45, 2.75) is 239 Å². The van der Waals surface area contributed by atoms with Crippen molar-refractivity contribution < 1.29 is 24.9 Å². The summed E-state index contributed by atoms with van der Waals surface area (Å²) in [6, 6.07) is 0. The largest absolute Gasteiger partial charge is 0.437 e. The fourth-order valence-corrected chi connectivity index (χ4v) is 9.43. The highest BCUT2D eigenvalue weighted by Gasteiger charge is 2.18. The van der Waals surface area contributed by atoms with Gasteiger partial charge in [-0.2, -0.15) is 0 Å². The minimum atomic E-state index is -0.471. The van der Waals surface area contributed by atoms with Crippen LogP contribution in [0.5, 0.6) is 0 Å². The molecule has 0 saturated carbocycles. The van der Waals surface area contributed by atoms with E-state index in [-0.39, 0.29) is 5.91 Å². The van der Waals surface area contributed by atoms with Gasteiger partial charge in [-0.15, -0.1) is 0 Å². The maximum absolute atomic E-state index is 12.5. The molecule has 0 aromatic rings. The summed E-state index contributed by atoms with van der Waals surface area (Å²) in [6.07, 6.45) is 40.8. The molecule has 0 saturated heterocycles. The van der Waals surface area contributed by atoms with Gasteiger partial charge in [-0.3, -0.25) is 4.79 Å². The van der Waals surface area contributed by atoms with E-state index in [1.54, 1.807) is 13.6 Å². The van der Waals surface area contributed by atoms with Gasteiger partial charge < -0.3 is 61.0 Å². The fourth-order valence-electron chi connectivity index (χ4n) is 9.43. The van der Waals surface area contributed by atoms with Crippen molar-refractivity contribution >= 4 is 34.1 Å². The van der Waals surface area contributed by atoms with E-state index >= 15 is 0 Å². The lowest BCUT2D eigenvalue weighted by atomic mass is 9.83. The Bertz CT molecular complexity index is 1050. The van der Waals surface area contributed by atoms with Crippen LogP contribution < -0.4 is 21.7 Å². The Labute approximate surface area is 436 Å². The van der Waals surface area contributed by atoms with Gasteiger partial charge in [-0.1, -0.05) is 141 Å². The number of amides is 1. The molecule has 0 aromatic heterocycles. The summed E-state index contributed by atoms with van der Waals surface area (Å²) in [5.74, 6) is 0.774. The zero-order valence-corrected chi connectivity index (χ0v) is 47.3. The lowest BCUT2D eigenvalue weighted by Gasteiger charge is -2.25. The number of carbonyl (C=O) groups excluding carboxylic acids is 1. The average molecular weight is 991 g/mol. The minimum Gasteiger partial charge on any atom is -0.437 e. The number of nitrogens with two attached hydrogens (primary N) is 1. The van der Waals surface area contributed by atoms with Crippen LogP contribution in [-0.4, -0.2) is 166 Å². The van der Waals surface area contributed by atoms with E-state index in [1.807, 2.05) is 37.4 Å². The first kappa shape index (κ1) is 69.3. The van der Waals surface area contributed by atoms with E-state index in [2.05, 4.69) is 25.6 Å².